The van der Waals surface area contributed by atoms with Gasteiger partial charge >= 0.3 is 5.97 Å². The number of nitrogens with zero attached hydrogens (tertiary/aromatic N) is 2. The summed E-state index contributed by atoms with van der Waals surface area (Å²) in [5, 5.41) is 8.72. The molecule has 0 unspecified atom stereocenters. The first kappa shape index (κ1) is 11.6. The van der Waals surface area contributed by atoms with E-state index in [1.54, 1.807) is 17.1 Å². The number of aliphatic carboxylic acids is 1. The lowest BCUT2D eigenvalue weighted by Crippen LogP contribution is -2.15. The van der Waals surface area contributed by atoms with Crippen molar-refractivity contribution in [3.63, 3.8) is 0 Å². The molecule has 0 radical (unpaired) electrons. The fraction of sp³-hybridized carbons (Fsp3) is 0.231. The van der Waals surface area contributed by atoms with Gasteiger partial charge in [-0.1, -0.05) is 0 Å². The predicted molar refractivity (Wildman–Crippen MR) is 65.9 cm³/mol. The van der Waals surface area contributed by atoms with E-state index in [2.05, 4.69) is 4.98 Å². The van der Waals surface area contributed by atoms with E-state index in [9.17, 15) is 4.79 Å². The molecule has 1 aliphatic rings. The number of hydrogen-bond donors (Lipinski definition) is 1. The molecule has 0 fully saturated rings. The number of fused-ring (bicyclic) bond motifs is 1. The Labute approximate surface area is 109 Å². The molecular weight excluding hydrogens is 248 g/mol. The number of hydrogen-bond acceptors (Lipinski definition) is 4. The topological polar surface area (TPSA) is 73.6 Å². The first-order chi connectivity index (χ1) is 9.22. The summed E-state index contributed by atoms with van der Waals surface area (Å²) < 4.78 is 12.7. The fourth-order valence-electron chi connectivity index (χ4n) is 1.94. The number of imidazole rings is 1. The highest BCUT2D eigenvalue weighted by atomic mass is 16.6. The minimum absolute atomic E-state index is 0.0858. The van der Waals surface area contributed by atoms with Gasteiger partial charge in [-0.15, -0.1) is 0 Å². The van der Waals surface area contributed by atoms with Crippen LogP contribution in [0.15, 0.2) is 30.7 Å². The quantitative estimate of drug-likeness (QED) is 0.899. The van der Waals surface area contributed by atoms with Crippen LogP contribution in [0.1, 0.15) is 5.69 Å². The summed E-state index contributed by atoms with van der Waals surface area (Å²) in [6, 6.07) is 5.56. The van der Waals surface area contributed by atoms with Crippen LogP contribution in [0, 0.1) is 0 Å². The van der Waals surface area contributed by atoms with Crippen molar-refractivity contribution < 1.29 is 19.4 Å². The van der Waals surface area contributed by atoms with E-state index in [1.165, 1.54) is 0 Å². The Kier molecular flexibility index (Phi) is 2.83. The van der Waals surface area contributed by atoms with Gasteiger partial charge in [-0.3, -0.25) is 4.79 Å². The van der Waals surface area contributed by atoms with Crippen molar-refractivity contribution in [2.45, 2.75) is 6.42 Å². The number of rotatable bonds is 3. The van der Waals surface area contributed by atoms with Crippen LogP contribution < -0.4 is 9.47 Å². The van der Waals surface area contributed by atoms with Crippen LogP contribution >= 0.6 is 0 Å². The van der Waals surface area contributed by atoms with Gasteiger partial charge in [-0.05, 0) is 12.1 Å². The van der Waals surface area contributed by atoms with Crippen molar-refractivity contribution in [1.82, 2.24) is 9.55 Å². The first-order valence-corrected chi connectivity index (χ1v) is 5.87. The first-order valence-electron chi connectivity index (χ1n) is 5.87. The lowest BCUT2D eigenvalue weighted by molar-refractivity contribution is -0.136. The molecule has 3 rings (SSSR count). The van der Waals surface area contributed by atoms with Gasteiger partial charge in [-0.25, -0.2) is 4.98 Å². The summed E-state index contributed by atoms with van der Waals surface area (Å²) >= 11 is 0. The lowest BCUT2D eigenvalue weighted by atomic mass is 10.2. The molecule has 0 bridgehead atoms. The molecular formula is C13H12N2O4. The van der Waals surface area contributed by atoms with Crippen molar-refractivity contribution >= 4 is 5.97 Å². The van der Waals surface area contributed by atoms with Crippen LogP contribution in [0.2, 0.25) is 0 Å². The van der Waals surface area contributed by atoms with Gasteiger partial charge in [0.2, 0.25) is 0 Å². The number of carboxylic acids is 1. The number of ether oxygens (including phenoxy) is 2. The van der Waals surface area contributed by atoms with Gasteiger partial charge in [0.25, 0.3) is 0 Å². The molecule has 98 valence electrons. The predicted octanol–water partition coefficient (Wildman–Crippen LogP) is 1.27. The Morgan fingerprint density at radius 1 is 1.32 bits per heavy atom. The molecule has 1 N–H and O–H groups in total. The third-order valence-corrected chi connectivity index (χ3v) is 2.79. The zero-order valence-corrected chi connectivity index (χ0v) is 10.1. The van der Waals surface area contributed by atoms with Gasteiger partial charge in [0.05, 0.1) is 24.1 Å². The van der Waals surface area contributed by atoms with Crippen molar-refractivity contribution in [1.29, 1.82) is 0 Å². The largest absolute Gasteiger partial charge is 0.486 e. The maximum atomic E-state index is 10.6. The van der Waals surface area contributed by atoms with Crippen molar-refractivity contribution in [2.75, 3.05) is 13.2 Å². The van der Waals surface area contributed by atoms with Gasteiger partial charge < -0.3 is 19.1 Å². The number of aromatic nitrogens is 2. The lowest BCUT2D eigenvalue weighted by Gasteiger charge is -2.18. The van der Waals surface area contributed by atoms with Crippen LogP contribution in [0.5, 0.6) is 11.5 Å². The van der Waals surface area contributed by atoms with E-state index in [-0.39, 0.29) is 6.42 Å². The zero-order valence-electron chi connectivity index (χ0n) is 10.1. The molecule has 0 saturated carbocycles. The van der Waals surface area contributed by atoms with Crippen LogP contribution in [0.3, 0.4) is 0 Å². The molecule has 2 aromatic rings. The Bertz CT molecular complexity index is 621. The maximum absolute atomic E-state index is 10.6. The van der Waals surface area contributed by atoms with Gasteiger partial charge in [0, 0.05) is 12.3 Å². The average molecular weight is 260 g/mol. The maximum Gasteiger partial charge on any atom is 0.309 e. The smallest absolute Gasteiger partial charge is 0.309 e. The third kappa shape index (κ3) is 2.37. The minimum Gasteiger partial charge on any atom is -0.486 e. The molecule has 19 heavy (non-hydrogen) atoms. The van der Waals surface area contributed by atoms with Crippen molar-refractivity contribution in [2.24, 2.45) is 0 Å². The Morgan fingerprint density at radius 3 is 2.89 bits per heavy atom. The second kappa shape index (κ2) is 4.64. The van der Waals surface area contributed by atoms with Crippen LogP contribution in [0.4, 0.5) is 0 Å². The molecule has 0 amide bonds. The van der Waals surface area contributed by atoms with Gasteiger partial charge in [-0.2, -0.15) is 0 Å². The fourth-order valence-corrected chi connectivity index (χ4v) is 1.94. The standard InChI is InChI=1S/C13H12N2O4/c16-13(17)5-9-7-15(8-14-9)10-1-2-11-12(6-10)19-4-3-18-11/h1-2,6-8H,3-5H2,(H,16,17). The summed E-state index contributed by atoms with van der Waals surface area (Å²) in [7, 11) is 0. The highest BCUT2D eigenvalue weighted by Crippen LogP contribution is 2.31. The second-order valence-corrected chi connectivity index (χ2v) is 4.17. The molecule has 0 aliphatic carbocycles. The van der Waals surface area contributed by atoms with E-state index in [0.717, 1.165) is 11.4 Å². The highest BCUT2D eigenvalue weighted by molar-refractivity contribution is 5.69. The molecule has 2 heterocycles. The van der Waals surface area contributed by atoms with Crippen molar-refractivity contribution in [3.8, 4) is 17.2 Å². The molecule has 6 nitrogen and oxygen atoms in total. The monoisotopic (exact) mass is 260 g/mol. The molecule has 0 saturated heterocycles. The van der Waals surface area contributed by atoms with E-state index >= 15 is 0 Å². The van der Waals surface area contributed by atoms with Crippen LogP contribution in [-0.2, 0) is 11.2 Å². The van der Waals surface area contributed by atoms with Crippen LogP contribution in [0.25, 0.3) is 5.69 Å². The highest BCUT2D eigenvalue weighted by Gasteiger charge is 2.13. The Balaban J connectivity index is 1.89. The number of benzene rings is 1. The molecule has 1 aromatic carbocycles. The van der Waals surface area contributed by atoms with E-state index in [0.29, 0.717) is 24.7 Å². The second-order valence-electron chi connectivity index (χ2n) is 4.17. The summed E-state index contributed by atoms with van der Waals surface area (Å²) in [4.78, 5) is 14.7. The van der Waals surface area contributed by atoms with Gasteiger partial charge in [0.15, 0.2) is 11.5 Å². The number of carboxylic acid groups (broad SMARTS) is 1. The zero-order chi connectivity index (χ0) is 13.2. The summed E-state index contributed by atoms with van der Waals surface area (Å²) in [6.07, 6.45) is 3.20. The summed E-state index contributed by atoms with van der Waals surface area (Å²) in [6.45, 7) is 1.09. The summed E-state index contributed by atoms with van der Waals surface area (Å²) in [5.74, 6) is 0.519. The van der Waals surface area contributed by atoms with Crippen LogP contribution in [-0.4, -0.2) is 33.8 Å². The number of carbonyl (C=O) groups is 1. The summed E-state index contributed by atoms with van der Waals surface area (Å²) in [5.41, 5.74) is 1.37. The normalized spacial score (nSPS) is 13.3. The Morgan fingerprint density at radius 2 is 2.11 bits per heavy atom. The average Bonchev–Trinajstić information content (AvgIpc) is 2.86. The molecule has 0 spiro atoms. The SMILES string of the molecule is O=C(O)Cc1cn(-c2ccc3c(c2)OCCO3)cn1. The van der Waals surface area contributed by atoms with E-state index < -0.39 is 5.97 Å². The molecule has 6 heteroatoms. The van der Waals surface area contributed by atoms with E-state index in [1.807, 2.05) is 18.2 Å². The van der Waals surface area contributed by atoms with Gasteiger partial charge in [0.1, 0.15) is 13.2 Å². The van der Waals surface area contributed by atoms with E-state index in [4.69, 9.17) is 14.6 Å². The third-order valence-electron chi connectivity index (χ3n) is 2.79. The Hall–Kier alpha value is -2.50. The molecule has 1 aromatic heterocycles. The van der Waals surface area contributed by atoms with Crippen molar-refractivity contribution in [3.05, 3.63) is 36.4 Å². The molecule has 0 atom stereocenters. The molecule has 1 aliphatic heterocycles. The minimum atomic E-state index is -0.896.